The summed E-state index contributed by atoms with van der Waals surface area (Å²) in [5.41, 5.74) is 4.11. The fraction of sp³-hybridized carbons (Fsp3) is 0.278. The molecule has 2 aromatic rings. The predicted octanol–water partition coefficient (Wildman–Crippen LogP) is 3.95. The van der Waals surface area contributed by atoms with Gasteiger partial charge in [-0.25, -0.2) is 4.79 Å². The summed E-state index contributed by atoms with van der Waals surface area (Å²) >= 11 is 0. The summed E-state index contributed by atoms with van der Waals surface area (Å²) in [6, 6.07) is 13.6. The van der Waals surface area contributed by atoms with Gasteiger partial charge in [-0.3, -0.25) is 0 Å². The zero-order valence-electron chi connectivity index (χ0n) is 12.8. The Labute approximate surface area is 130 Å². The lowest BCUT2D eigenvalue weighted by Gasteiger charge is -2.26. The third-order valence-electron chi connectivity index (χ3n) is 3.89. The van der Waals surface area contributed by atoms with Crippen molar-refractivity contribution >= 4 is 11.7 Å². The molecule has 0 fully saturated rings. The van der Waals surface area contributed by atoms with Crippen LogP contribution in [0.3, 0.4) is 0 Å². The Morgan fingerprint density at radius 2 is 2.00 bits per heavy atom. The maximum Gasteiger partial charge on any atom is 0.319 e. The van der Waals surface area contributed by atoms with Gasteiger partial charge in [-0.1, -0.05) is 35.9 Å². The fourth-order valence-electron chi connectivity index (χ4n) is 2.76. The van der Waals surface area contributed by atoms with E-state index in [0.29, 0.717) is 6.61 Å². The highest BCUT2D eigenvalue weighted by atomic mass is 16.5. The van der Waals surface area contributed by atoms with E-state index in [1.165, 1.54) is 5.56 Å². The van der Waals surface area contributed by atoms with Crippen LogP contribution in [0.15, 0.2) is 42.5 Å². The van der Waals surface area contributed by atoms with E-state index in [1.54, 1.807) is 0 Å². The summed E-state index contributed by atoms with van der Waals surface area (Å²) in [7, 11) is 0. The molecule has 2 N–H and O–H groups in total. The molecule has 2 amide bonds. The van der Waals surface area contributed by atoms with Crippen LogP contribution in [0, 0.1) is 13.8 Å². The molecule has 1 aliphatic rings. The molecule has 1 atom stereocenters. The van der Waals surface area contributed by atoms with Gasteiger partial charge in [0, 0.05) is 17.7 Å². The number of urea groups is 1. The van der Waals surface area contributed by atoms with Crippen LogP contribution >= 0.6 is 0 Å². The van der Waals surface area contributed by atoms with Crippen LogP contribution in [-0.4, -0.2) is 12.6 Å². The molecule has 1 heterocycles. The zero-order chi connectivity index (χ0) is 15.5. The van der Waals surface area contributed by atoms with Crippen molar-refractivity contribution in [2.45, 2.75) is 26.3 Å². The second-order valence-electron chi connectivity index (χ2n) is 5.64. The Hall–Kier alpha value is -2.49. The fourth-order valence-corrected chi connectivity index (χ4v) is 2.76. The van der Waals surface area contributed by atoms with Crippen molar-refractivity contribution < 1.29 is 9.53 Å². The van der Waals surface area contributed by atoms with Crippen LogP contribution in [0.25, 0.3) is 0 Å². The minimum absolute atomic E-state index is 0.0179. The number of carbonyl (C=O) groups is 1. The molecule has 0 saturated carbocycles. The van der Waals surface area contributed by atoms with Crippen LogP contribution in [0.5, 0.6) is 5.75 Å². The smallest absolute Gasteiger partial charge is 0.319 e. The van der Waals surface area contributed by atoms with Crippen LogP contribution in [0.1, 0.15) is 29.2 Å². The normalized spacial score (nSPS) is 16.4. The predicted molar refractivity (Wildman–Crippen MR) is 87.4 cm³/mol. The van der Waals surface area contributed by atoms with Crippen molar-refractivity contribution in [2.75, 3.05) is 11.9 Å². The Morgan fingerprint density at radius 1 is 1.18 bits per heavy atom. The second kappa shape index (κ2) is 6.10. The molecule has 2 aromatic carbocycles. The topological polar surface area (TPSA) is 50.4 Å². The molecule has 0 aromatic heterocycles. The molecular formula is C18H20N2O2. The Balaban J connectivity index is 1.70. The van der Waals surface area contributed by atoms with E-state index in [2.05, 4.69) is 16.7 Å². The van der Waals surface area contributed by atoms with Crippen LogP contribution in [0.2, 0.25) is 0 Å². The van der Waals surface area contributed by atoms with Crippen molar-refractivity contribution in [1.29, 1.82) is 0 Å². The minimum Gasteiger partial charge on any atom is -0.493 e. The van der Waals surface area contributed by atoms with Gasteiger partial charge in [-0.15, -0.1) is 0 Å². The molecule has 3 rings (SSSR count). The third kappa shape index (κ3) is 3.06. The number of benzene rings is 2. The lowest BCUT2D eigenvalue weighted by molar-refractivity contribution is 0.232. The Bertz CT molecular complexity index is 697. The molecule has 0 saturated heterocycles. The van der Waals surface area contributed by atoms with Crippen molar-refractivity contribution in [3.63, 3.8) is 0 Å². The quantitative estimate of drug-likeness (QED) is 0.881. The number of rotatable bonds is 2. The number of anilines is 1. The van der Waals surface area contributed by atoms with Crippen LogP contribution in [-0.2, 0) is 0 Å². The van der Waals surface area contributed by atoms with Crippen LogP contribution < -0.4 is 15.4 Å². The number of hydrogen-bond acceptors (Lipinski definition) is 2. The lowest BCUT2D eigenvalue weighted by atomic mass is 10.0. The van der Waals surface area contributed by atoms with Gasteiger partial charge in [-0.05, 0) is 31.5 Å². The highest BCUT2D eigenvalue weighted by molar-refractivity contribution is 5.90. The lowest BCUT2D eigenvalue weighted by Crippen LogP contribution is -2.35. The van der Waals surface area contributed by atoms with E-state index in [1.807, 2.05) is 50.2 Å². The molecule has 114 valence electrons. The van der Waals surface area contributed by atoms with E-state index < -0.39 is 0 Å². The number of fused-ring (bicyclic) bond motifs is 1. The second-order valence-corrected chi connectivity index (χ2v) is 5.64. The molecule has 0 spiro atoms. The van der Waals surface area contributed by atoms with E-state index >= 15 is 0 Å². The number of carbonyl (C=O) groups excluding carboxylic acids is 1. The molecule has 0 aliphatic carbocycles. The van der Waals surface area contributed by atoms with Crippen molar-refractivity contribution in [3.8, 4) is 5.75 Å². The summed E-state index contributed by atoms with van der Waals surface area (Å²) in [4.78, 5) is 12.3. The van der Waals surface area contributed by atoms with Gasteiger partial charge in [-0.2, -0.15) is 0 Å². The van der Waals surface area contributed by atoms with Gasteiger partial charge < -0.3 is 15.4 Å². The number of amides is 2. The molecule has 1 unspecified atom stereocenters. The van der Waals surface area contributed by atoms with E-state index in [4.69, 9.17) is 4.74 Å². The largest absolute Gasteiger partial charge is 0.493 e. The Kier molecular flexibility index (Phi) is 4.00. The number of para-hydroxylation sites is 1. The molecule has 4 nitrogen and oxygen atoms in total. The first-order chi connectivity index (χ1) is 10.6. The maximum atomic E-state index is 12.3. The van der Waals surface area contributed by atoms with Crippen LogP contribution in [0.4, 0.5) is 10.5 Å². The summed E-state index contributed by atoms with van der Waals surface area (Å²) in [5, 5.41) is 5.96. The average molecular weight is 296 g/mol. The number of ether oxygens (including phenoxy) is 1. The SMILES string of the molecule is Cc1ccc(NC(=O)NC2CCOc3ccccc32)c(C)c1. The molecule has 0 bridgehead atoms. The minimum atomic E-state index is -0.186. The Morgan fingerprint density at radius 3 is 2.82 bits per heavy atom. The summed E-state index contributed by atoms with van der Waals surface area (Å²) in [6.45, 7) is 4.65. The average Bonchev–Trinajstić information content (AvgIpc) is 2.50. The van der Waals surface area contributed by atoms with E-state index in [0.717, 1.165) is 29.0 Å². The van der Waals surface area contributed by atoms with Gasteiger partial charge in [0.15, 0.2) is 0 Å². The molecular weight excluding hydrogens is 276 g/mol. The van der Waals surface area contributed by atoms with Crippen molar-refractivity contribution in [1.82, 2.24) is 5.32 Å². The third-order valence-corrected chi connectivity index (χ3v) is 3.89. The zero-order valence-corrected chi connectivity index (χ0v) is 12.8. The summed E-state index contributed by atoms with van der Waals surface area (Å²) < 4.78 is 5.61. The summed E-state index contributed by atoms with van der Waals surface area (Å²) in [6.07, 6.45) is 0.775. The van der Waals surface area contributed by atoms with E-state index in [9.17, 15) is 4.79 Å². The van der Waals surface area contributed by atoms with Gasteiger partial charge in [0.05, 0.1) is 12.6 Å². The molecule has 4 heteroatoms. The molecule has 1 aliphatic heterocycles. The van der Waals surface area contributed by atoms with Gasteiger partial charge in [0.25, 0.3) is 0 Å². The first-order valence-corrected chi connectivity index (χ1v) is 7.50. The highest BCUT2D eigenvalue weighted by Crippen LogP contribution is 2.31. The number of aryl methyl sites for hydroxylation is 2. The first kappa shape index (κ1) is 14.4. The molecule has 22 heavy (non-hydrogen) atoms. The standard InChI is InChI=1S/C18H20N2O2/c1-12-7-8-15(13(2)11-12)19-18(21)20-16-9-10-22-17-6-4-3-5-14(16)17/h3-8,11,16H,9-10H2,1-2H3,(H2,19,20,21). The molecule has 0 radical (unpaired) electrons. The first-order valence-electron chi connectivity index (χ1n) is 7.50. The summed E-state index contributed by atoms with van der Waals surface area (Å²) in [5.74, 6) is 0.852. The monoisotopic (exact) mass is 296 g/mol. The van der Waals surface area contributed by atoms with Gasteiger partial charge >= 0.3 is 6.03 Å². The van der Waals surface area contributed by atoms with Crippen molar-refractivity contribution in [2.24, 2.45) is 0 Å². The maximum absolute atomic E-state index is 12.3. The van der Waals surface area contributed by atoms with Gasteiger partial charge in [0.1, 0.15) is 5.75 Å². The van der Waals surface area contributed by atoms with Crippen molar-refractivity contribution in [3.05, 3.63) is 59.2 Å². The number of nitrogens with one attached hydrogen (secondary N) is 2. The van der Waals surface area contributed by atoms with E-state index in [-0.39, 0.29) is 12.1 Å². The number of hydrogen-bond donors (Lipinski definition) is 2. The van der Waals surface area contributed by atoms with Gasteiger partial charge in [0.2, 0.25) is 0 Å². The highest BCUT2D eigenvalue weighted by Gasteiger charge is 2.22.